The normalized spacial score (nSPS) is 17.9. The highest BCUT2D eigenvalue weighted by Crippen LogP contribution is 2.38. The van der Waals surface area contributed by atoms with Crippen molar-refractivity contribution in [3.8, 4) is 0 Å². The lowest BCUT2D eigenvalue weighted by molar-refractivity contribution is -0.137. The third-order valence-electron chi connectivity index (χ3n) is 4.35. The van der Waals surface area contributed by atoms with Crippen LogP contribution in [0.15, 0.2) is 42.7 Å². The van der Waals surface area contributed by atoms with Crippen LogP contribution in [0.3, 0.4) is 0 Å². The molecule has 1 aromatic heterocycles. The minimum atomic E-state index is -4.48. The zero-order chi connectivity index (χ0) is 17.9. The van der Waals surface area contributed by atoms with Crippen molar-refractivity contribution in [3.63, 3.8) is 0 Å². The summed E-state index contributed by atoms with van der Waals surface area (Å²) in [5.41, 5.74) is 0.653. The van der Waals surface area contributed by atoms with Crippen LogP contribution in [0.1, 0.15) is 29.2 Å². The van der Waals surface area contributed by atoms with Crippen molar-refractivity contribution >= 4 is 11.6 Å². The maximum absolute atomic E-state index is 13.3. The highest BCUT2D eigenvalue weighted by Gasteiger charge is 2.34. The Hall–Kier alpha value is -1.63. The molecule has 134 valence electrons. The summed E-state index contributed by atoms with van der Waals surface area (Å²) in [6.45, 7) is 3.27. The zero-order valence-electron chi connectivity index (χ0n) is 13.6. The fraction of sp³-hybridized carbons (Fsp3) is 0.389. The molecule has 1 atom stereocenters. The van der Waals surface area contributed by atoms with Crippen LogP contribution in [-0.4, -0.2) is 36.1 Å². The molecule has 0 bridgehead atoms. The van der Waals surface area contributed by atoms with Gasteiger partial charge in [0.15, 0.2) is 0 Å². The highest BCUT2D eigenvalue weighted by molar-refractivity contribution is 6.31. The maximum Gasteiger partial charge on any atom is 0.417 e. The van der Waals surface area contributed by atoms with Crippen LogP contribution in [0.4, 0.5) is 13.2 Å². The molecular weight excluding hydrogens is 351 g/mol. The standard InChI is InChI=1S/C18H19ClF3N3/c19-16-5-4-13(11-15(16)18(20,21)22)17(14-3-1-6-24-12-14)25-9-2-7-23-8-10-25/h1,3-6,11-12,17,23H,2,7-10H2. The largest absolute Gasteiger partial charge is 0.417 e. The molecule has 7 heteroatoms. The number of hydrogen-bond acceptors (Lipinski definition) is 3. The first-order valence-electron chi connectivity index (χ1n) is 8.18. The Morgan fingerprint density at radius 3 is 2.68 bits per heavy atom. The van der Waals surface area contributed by atoms with E-state index < -0.39 is 11.7 Å². The SMILES string of the molecule is FC(F)(F)c1cc(C(c2cccnc2)N2CCCNCC2)ccc1Cl. The summed E-state index contributed by atoms with van der Waals surface area (Å²) < 4.78 is 39.8. The molecule has 0 spiro atoms. The Morgan fingerprint density at radius 1 is 1.12 bits per heavy atom. The van der Waals surface area contributed by atoms with Gasteiger partial charge in [0.1, 0.15) is 0 Å². The number of nitrogens with zero attached hydrogens (tertiary/aromatic N) is 2. The van der Waals surface area contributed by atoms with E-state index in [1.165, 1.54) is 6.07 Å². The number of halogens is 4. The van der Waals surface area contributed by atoms with Gasteiger partial charge in [-0.25, -0.2) is 0 Å². The first kappa shape index (κ1) is 18.2. The summed E-state index contributed by atoms with van der Waals surface area (Å²) in [4.78, 5) is 6.34. The molecule has 1 aromatic carbocycles. The third-order valence-corrected chi connectivity index (χ3v) is 4.68. The number of nitrogens with one attached hydrogen (secondary N) is 1. The third kappa shape index (κ3) is 4.32. The molecule has 1 N–H and O–H groups in total. The molecule has 3 nitrogen and oxygen atoms in total. The van der Waals surface area contributed by atoms with Crippen LogP contribution < -0.4 is 5.32 Å². The second kappa shape index (κ2) is 7.72. The molecule has 0 amide bonds. The van der Waals surface area contributed by atoms with Gasteiger partial charge in [0.05, 0.1) is 16.6 Å². The molecule has 0 saturated carbocycles. The van der Waals surface area contributed by atoms with E-state index in [4.69, 9.17) is 11.6 Å². The van der Waals surface area contributed by atoms with Gasteiger partial charge in [-0.1, -0.05) is 23.7 Å². The molecule has 1 saturated heterocycles. The maximum atomic E-state index is 13.3. The second-order valence-electron chi connectivity index (χ2n) is 6.07. The van der Waals surface area contributed by atoms with E-state index in [9.17, 15) is 13.2 Å². The van der Waals surface area contributed by atoms with Crippen molar-refractivity contribution in [1.82, 2.24) is 15.2 Å². The highest BCUT2D eigenvalue weighted by atomic mass is 35.5. The summed E-state index contributed by atoms with van der Waals surface area (Å²) in [5, 5.41) is 3.04. The Kier molecular flexibility index (Phi) is 5.61. The average Bonchev–Trinajstić information content (AvgIpc) is 2.86. The minimum absolute atomic E-state index is 0.279. The molecular formula is C18H19ClF3N3. The Labute approximate surface area is 149 Å². The topological polar surface area (TPSA) is 28.2 Å². The van der Waals surface area contributed by atoms with Gasteiger partial charge >= 0.3 is 6.18 Å². The number of pyridine rings is 1. The van der Waals surface area contributed by atoms with E-state index in [1.54, 1.807) is 24.5 Å². The van der Waals surface area contributed by atoms with Gasteiger partial charge in [0, 0.05) is 32.0 Å². The smallest absolute Gasteiger partial charge is 0.315 e. The molecule has 3 rings (SSSR count). The van der Waals surface area contributed by atoms with Crippen LogP contribution in [0, 0.1) is 0 Å². The summed E-state index contributed by atoms with van der Waals surface area (Å²) in [7, 11) is 0. The van der Waals surface area contributed by atoms with Gasteiger partial charge in [-0.15, -0.1) is 0 Å². The van der Waals surface area contributed by atoms with Crippen molar-refractivity contribution < 1.29 is 13.2 Å². The molecule has 0 radical (unpaired) electrons. The van der Waals surface area contributed by atoms with Crippen molar-refractivity contribution in [2.24, 2.45) is 0 Å². The van der Waals surface area contributed by atoms with Crippen LogP contribution in [0.2, 0.25) is 5.02 Å². The van der Waals surface area contributed by atoms with E-state index >= 15 is 0 Å². The van der Waals surface area contributed by atoms with E-state index in [1.807, 2.05) is 6.07 Å². The molecule has 2 aromatic rings. The van der Waals surface area contributed by atoms with Crippen LogP contribution in [0.5, 0.6) is 0 Å². The molecule has 2 heterocycles. The quantitative estimate of drug-likeness (QED) is 0.881. The Balaban J connectivity index is 2.05. The summed E-state index contributed by atoms with van der Waals surface area (Å²) in [6.07, 6.45) is -0.165. The van der Waals surface area contributed by atoms with E-state index in [0.717, 1.165) is 44.2 Å². The summed E-state index contributed by atoms with van der Waals surface area (Å²) in [5.74, 6) is 0. The molecule has 1 fully saturated rings. The Bertz CT molecular complexity index is 698. The number of aromatic nitrogens is 1. The zero-order valence-corrected chi connectivity index (χ0v) is 14.3. The lowest BCUT2D eigenvalue weighted by Gasteiger charge is -2.31. The molecule has 1 unspecified atom stereocenters. The van der Waals surface area contributed by atoms with Gasteiger partial charge < -0.3 is 5.32 Å². The second-order valence-corrected chi connectivity index (χ2v) is 6.47. The van der Waals surface area contributed by atoms with Gasteiger partial charge in [-0.2, -0.15) is 13.2 Å². The fourth-order valence-electron chi connectivity index (χ4n) is 3.21. The van der Waals surface area contributed by atoms with Crippen LogP contribution in [0.25, 0.3) is 0 Å². The number of benzene rings is 1. The van der Waals surface area contributed by atoms with Crippen LogP contribution in [-0.2, 0) is 6.18 Å². The van der Waals surface area contributed by atoms with Gasteiger partial charge in [0.25, 0.3) is 0 Å². The predicted molar refractivity (Wildman–Crippen MR) is 91.6 cm³/mol. The van der Waals surface area contributed by atoms with Crippen molar-refractivity contribution in [2.45, 2.75) is 18.6 Å². The number of rotatable bonds is 3. The van der Waals surface area contributed by atoms with Gasteiger partial charge in [-0.3, -0.25) is 9.88 Å². The average molecular weight is 370 g/mol. The number of alkyl halides is 3. The Morgan fingerprint density at radius 2 is 1.96 bits per heavy atom. The fourth-order valence-corrected chi connectivity index (χ4v) is 3.43. The number of hydrogen-bond donors (Lipinski definition) is 1. The molecule has 25 heavy (non-hydrogen) atoms. The van der Waals surface area contributed by atoms with Gasteiger partial charge in [0.2, 0.25) is 0 Å². The van der Waals surface area contributed by atoms with Crippen LogP contribution >= 0.6 is 11.6 Å². The molecule has 0 aliphatic carbocycles. The summed E-state index contributed by atoms with van der Waals surface area (Å²) in [6, 6.07) is 7.59. The van der Waals surface area contributed by atoms with E-state index in [2.05, 4.69) is 15.2 Å². The molecule has 1 aliphatic rings. The van der Waals surface area contributed by atoms with E-state index in [-0.39, 0.29) is 11.1 Å². The first-order chi connectivity index (χ1) is 12.0. The molecule has 1 aliphatic heterocycles. The minimum Gasteiger partial charge on any atom is -0.315 e. The first-order valence-corrected chi connectivity index (χ1v) is 8.56. The summed E-state index contributed by atoms with van der Waals surface area (Å²) >= 11 is 5.79. The monoisotopic (exact) mass is 369 g/mol. The lowest BCUT2D eigenvalue weighted by Crippen LogP contribution is -2.33. The van der Waals surface area contributed by atoms with E-state index in [0.29, 0.717) is 5.56 Å². The van der Waals surface area contributed by atoms with Crippen molar-refractivity contribution in [3.05, 3.63) is 64.4 Å². The van der Waals surface area contributed by atoms with Gasteiger partial charge in [-0.05, 0) is 42.3 Å². The van der Waals surface area contributed by atoms with Crippen molar-refractivity contribution in [1.29, 1.82) is 0 Å². The predicted octanol–water partition coefficient (Wildman–Crippen LogP) is 4.14. The lowest BCUT2D eigenvalue weighted by atomic mass is 9.96. The van der Waals surface area contributed by atoms with Crippen molar-refractivity contribution in [2.75, 3.05) is 26.2 Å².